The molecule has 4 rings (SSSR count). The number of hydrogen-bond acceptors (Lipinski definition) is 6. The molecule has 0 bridgehead atoms. The minimum atomic E-state index is -0.390. The minimum absolute atomic E-state index is 0.237. The molecule has 1 saturated heterocycles. The van der Waals surface area contributed by atoms with E-state index in [0.29, 0.717) is 26.4 Å². The summed E-state index contributed by atoms with van der Waals surface area (Å²) in [5, 5.41) is 0. The normalized spacial score (nSPS) is 23.8. The van der Waals surface area contributed by atoms with Crippen LogP contribution in [0.3, 0.4) is 0 Å². The molecule has 5 atom stereocenters. The Morgan fingerprint density at radius 2 is 1.22 bits per heavy atom. The van der Waals surface area contributed by atoms with Crippen molar-refractivity contribution in [2.24, 2.45) is 0 Å². The third-order valence-corrected chi connectivity index (χ3v) is 7.00. The highest BCUT2D eigenvalue weighted by molar-refractivity contribution is 7.99. The molecule has 0 radical (unpaired) electrons. The molecule has 37 heavy (non-hydrogen) atoms. The van der Waals surface area contributed by atoms with Gasteiger partial charge in [-0.15, -0.1) is 11.8 Å². The molecule has 0 saturated carbocycles. The fraction of sp³-hybridized carbons (Fsp3) is 0.355. The minimum Gasteiger partial charge on any atom is -0.492 e. The zero-order chi connectivity index (χ0) is 25.7. The van der Waals surface area contributed by atoms with E-state index >= 15 is 0 Å². The molecule has 1 fully saturated rings. The molecule has 1 aliphatic rings. The Labute approximate surface area is 224 Å². The lowest BCUT2D eigenvalue weighted by molar-refractivity contribution is -0.244. The Bertz CT molecular complexity index is 1050. The predicted octanol–water partition coefficient (Wildman–Crippen LogP) is 6.38. The van der Waals surface area contributed by atoms with Gasteiger partial charge in [-0.2, -0.15) is 0 Å². The van der Waals surface area contributed by atoms with Crippen molar-refractivity contribution in [3.05, 3.63) is 120 Å². The van der Waals surface area contributed by atoms with Crippen LogP contribution in [0.4, 0.5) is 0 Å². The van der Waals surface area contributed by atoms with Crippen LogP contribution in [0.5, 0.6) is 0 Å². The molecule has 0 unspecified atom stereocenters. The maximum absolute atomic E-state index is 6.57. The molecule has 1 aliphatic heterocycles. The first kappa shape index (κ1) is 27.4. The van der Waals surface area contributed by atoms with Gasteiger partial charge in [-0.3, -0.25) is 0 Å². The third kappa shape index (κ3) is 8.19. The Morgan fingerprint density at radius 1 is 0.703 bits per heavy atom. The second-order valence-electron chi connectivity index (χ2n) is 8.87. The third-order valence-electron chi connectivity index (χ3n) is 6.16. The van der Waals surface area contributed by atoms with Gasteiger partial charge in [0, 0.05) is 0 Å². The first-order chi connectivity index (χ1) is 18.3. The summed E-state index contributed by atoms with van der Waals surface area (Å²) in [6.07, 6.45) is 4.18. The van der Waals surface area contributed by atoms with Crippen molar-refractivity contribution in [2.45, 2.75) is 56.6 Å². The summed E-state index contributed by atoms with van der Waals surface area (Å²) in [4.78, 5) is 0. The van der Waals surface area contributed by atoms with E-state index in [1.165, 1.54) is 0 Å². The molecule has 6 heteroatoms. The largest absolute Gasteiger partial charge is 0.492 e. The monoisotopic (exact) mass is 520 g/mol. The van der Waals surface area contributed by atoms with Crippen molar-refractivity contribution >= 4 is 11.8 Å². The van der Waals surface area contributed by atoms with Crippen molar-refractivity contribution in [3.8, 4) is 0 Å². The molecule has 0 spiro atoms. The molecule has 0 N–H and O–H groups in total. The van der Waals surface area contributed by atoms with Gasteiger partial charge < -0.3 is 23.7 Å². The van der Waals surface area contributed by atoms with Gasteiger partial charge in [0.15, 0.2) is 6.10 Å². The van der Waals surface area contributed by atoms with Gasteiger partial charge in [0.25, 0.3) is 0 Å². The zero-order valence-corrected chi connectivity index (χ0v) is 22.3. The highest BCUT2D eigenvalue weighted by Crippen LogP contribution is 2.34. The van der Waals surface area contributed by atoms with E-state index in [4.69, 9.17) is 23.7 Å². The number of rotatable bonds is 13. The second kappa shape index (κ2) is 15.0. The summed E-state index contributed by atoms with van der Waals surface area (Å²) in [6, 6.07) is 30.5. The van der Waals surface area contributed by atoms with Gasteiger partial charge in [0.05, 0.1) is 32.7 Å². The van der Waals surface area contributed by atoms with Crippen molar-refractivity contribution < 1.29 is 23.7 Å². The molecular weight excluding hydrogens is 484 g/mol. The molecule has 196 valence electrons. The summed E-state index contributed by atoms with van der Waals surface area (Å²) < 4.78 is 32.0. The van der Waals surface area contributed by atoms with E-state index in [1.54, 1.807) is 18.0 Å². The van der Waals surface area contributed by atoms with Crippen LogP contribution in [0.15, 0.2) is 103 Å². The van der Waals surface area contributed by atoms with Gasteiger partial charge >= 0.3 is 0 Å². The summed E-state index contributed by atoms with van der Waals surface area (Å²) in [7, 11) is 0. The van der Waals surface area contributed by atoms with Gasteiger partial charge in [0.1, 0.15) is 23.7 Å². The van der Waals surface area contributed by atoms with Crippen LogP contribution in [0.2, 0.25) is 0 Å². The van der Waals surface area contributed by atoms with E-state index in [2.05, 4.69) is 36.4 Å². The molecule has 1 heterocycles. The fourth-order valence-electron chi connectivity index (χ4n) is 4.31. The van der Waals surface area contributed by atoms with E-state index < -0.39 is 6.10 Å². The molecule has 3 aromatic carbocycles. The highest BCUT2D eigenvalue weighted by Gasteiger charge is 2.48. The molecule has 3 aromatic rings. The van der Waals surface area contributed by atoms with Gasteiger partial charge in [-0.05, 0) is 29.9 Å². The Morgan fingerprint density at radius 3 is 1.73 bits per heavy atom. The second-order valence-corrected chi connectivity index (χ2v) is 9.81. The van der Waals surface area contributed by atoms with Crippen LogP contribution in [-0.4, -0.2) is 42.7 Å². The fourth-order valence-corrected chi connectivity index (χ4v) is 5.05. The van der Waals surface area contributed by atoms with Gasteiger partial charge in [-0.1, -0.05) is 97.1 Å². The van der Waals surface area contributed by atoms with Crippen LogP contribution in [0.25, 0.3) is 0 Å². The van der Waals surface area contributed by atoms with E-state index in [9.17, 15) is 0 Å². The van der Waals surface area contributed by atoms with Crippen LogP contribution in [0, 0.1) is 0 Å². The van der Waals surface area contributed by atoms with E-state index in [1.807, 2.05) is 73.9 Å². The molecule has 0 aliphatic carbocycles. The number of hydrogen-bond donors (Lipinski definition) is 0. The van der Waals surface area contributed by atoms with Crippen LogP contribution >= 0.6 is 11.8 Å². The van der Waals surface area contributed by atoms with Gasteiger partial charge in [-0.25, -0.2) is 0 Å². The van der Waals surface area contributed by atoms with Crippen LogP contribution in [-0.2, 0) is 43.5 Å². The average Bonchev–Trinajstić information content (AvgIpc) is 2.96. The maximum Gasteiger partial charge on any atom is 0.162 e. The summed E-state index contributed by atoms with van der Waals surface area (Å²) in [6.45, 7) is 3.71. The van der Waals surface area contributed by atoms with E-state index in [0.717, 1.165) is 16.7 Å². The number of allylic oxidation sites excluding steroid dienone is 1. The van der Waals surface area contributed by atoms with Crippen LogP contribution in [0.1, 0.15) is 23.6 Å². The lowest BCUT2D eigenvalue weighted by Crippen LogP contribution is -2.60. The molecule has 5 nitrogen and oxygen atoms in total. The molecule has 0 amide bonds. The van der Waals surface area contributed by atoms with Crippen molar-refractivity contribution in [1.29, 1.82) is 0 Å². The first-order valence-corrected chi connectivity index (χ1v) is 13.9. The Kier molecular flexibility index (Phi) is 11.1. The lowest BCUT2D eigenvalue weighted by atomic mass is 9.99. The van der Waals surface area contributed by atoms with E-state index in [-0.39, 0.29) is 23.7 Å². The van der Waals surface area contributed by atoms with Crippen molar-refractivity contribution in [1.82, 2.24) is 0 Å². The summed E-state index contributed by atoms with van der Waals surface area (Å²) in [5.74, 6) is 0. The maximum atomic E-state index is 6.57. The standard InChI is InChI=1S/C31H36O5S/c1-3-19-33-30-29(35-22-26-17-11-6-12-18-26)28(34-21-25-15-9-5-10-16-25)27(36-31(30)37-2)23-32-20-24-13-7-4-8-14-24/h3-19,27-31H,20-23H2,1-2H3/b19-3+/t27-,28-,29+,30+,31-/m1/s1. The Balaban J connectivity index is 1.55. The zero-order valence-electron chi connectivity index (χ0n) is 21.5. The number of ether oxygens (including phenoxy) is 5. The number of benzene rings is 3. The Hall–Kier alpha value is -2.61. The topological polar surface area (TPSA) is 46.2 Å². The average molecular weight is 521 g/mol. The van der Waals surface area contributed by atoms with Crippen molar-refractivity contribution in [2.75, 3.05) is 12.9 Å². The lowest BCUT2D eigenvalue weighted by Gasteiger charge is -2.45. The quantitative estimate of drug-likeness (QED) is 0.244. The summed E-state index contributed by atoms with van der Waals surface area (Å²) in [5.41, 5.74) is 3.07. The highest BCUT2D eigenvalue weighted by atomic mass is 32.2. The smallest absolute Gasteiger partial charge is 0.162 e. The molecular formula is C31H36O5S. The summed E-state index contributed by atoms with van der Waals surface area (Å²) >= 11 is 1.61. The predicted molar refractivity (Wildman–Crippen MR) is 148 cm³/mol. The molecule has 0 aromatic heterocycles. The van der Waals surface area contributed by atoms with Gasteiger partial charge in [0.2, 0.25) is 0 Å². The number of thioether (sulfide) groups is 1. The first-order valence-electron chi connectivity index (χ1n) is 12.7. The van der Waals surface area contributed by atoms with Crippen LogP contribution < -0.4 is 0 Å². The SMILES string of the molecule is C/C=C/O[C@H]1[C@@H](OCc2ccccc2)[C@H](OCc2ccccc2)[C@@H](COCc2ccccc2)O[C@@H]1SC. The van der Waals surface area contributed by atoms with Crippen molar-refractivity contribution in [3.63, 3.8) is 0 Å².